The number of nitrogens with one attached hydrogen (secondary N) is 1. The molecule has 1 N–H and O–H groups in total. The smallest absolute Gasteiger partial charge is 0.338 e. The second kappa shape index (κ2) is 7.19. The molecule has 0 aliphatic rings. The lowest BCUT2D eigenvalue weighted by molar-refractivity contribution is -0.131. The molecule has 1 rings (SSSR count). The van der Waals surface area contributed by atoms with Crippen LogP contribution in [0.25, 0.3) is 0 Å². The van der Waals surface area contributed by atoms with Gasteiger partial charge in [0.15, 0.2) is 6.61 Å². The molecule has 1 aromatic carbocycles. The molecule has 0 radical (unpaired) electrons. The number of nitrogens with zero attached hydrogens (tertiary/aromatic N) is 1. The van der Waals surface area contributed by atoms with E-state index in [1.54, 1.807) is 21.0 Å². The van der Waals surface area contributed by atoms with Gasteiger partial charge in [-0.25, -0.2) is 17.9 Å². The summed E-state index contributed by atoms with van der Waals surface area (Å²) < 4.78 is 30.6. The van der Waals surface area contributed by atoms with E-state index in [4.69, 9.17) is 4.74 Å². The molecular formula is C13H18N2O5S. The maximum atomic E-state index is 11.7. The topological polar surface area (TPSA) is 92.8 Å². The highest BCUT2D eigenvalue weighted by atomic mass is 32.2. The molecule has 1 aromatic rings. The maximum absolute atomic E-state index is 11.7. The van der Waals surface area contributed by atoms with Gasteiger partial charge in [0.2, 0.25) is 10.0 Å². The van der Waals surface area contributed by atoms with E-state index < -0.39 is 16.0 Å². The number of carbonyl (C=O) groups is 2. The molecule has 8 heteroatoms. The molecule has 1 amide bonds. The van der Waals surface area contributed by atoms with Gasteiger partial charge in [-0.1, -0.05) is 6.92 Å². The van der Waals surface area contributed by atoms with Crippen molar-refractivity contribution in [3.05, 3.63) is 29.8 Å². The van der Waals surface area contributed by atoms with E-state index in [0.717, 1.165) is 0 Å². The van der Waals surface area contributed by atoms with Crippen molar-refractivity contribution in [2.75, 3.05) is 27.2 Å². The van der Waals surface area contributed by atoms with Gasteiger partial charge in [0.1, 0.15) is 0 Å². The Morgan fingerprint density at radius 3 is 2.24 bits per heavy atom. The van der Waals surface area contributed by atoms with Gasteiger partial charge in [-0.3, -0.25) is 4.79 Å². The average molecular weight is 314 g/mol. The van der Waals surface area contributed by atoms with Crippen molar-refractivity contribution in [3.63, 3.8) is 0 Å². The second-order valence-electron chi connectivity index (χ2n) is 4.39. The molecule has 0 heterocycles. The lowest BCUT2D eigenvalue weighted by Crippen LogP contribution is -2.27. The van der Waals surface area contributed by atoms with Crippen LogP contribution in [0.4, 0.5) is 0 Å². The van der Waals surface area contributed by atoms with E-state index >= 15 is 0 Å². The normalized spacial score (nSPS) is 11.0. The summed E-state index contributed by atoms with van der Waals surface area (Å²) in [6, 6.07) is 5.30. The fourth-order valence-electron chi connectivity index (χ4n) is 1.38. The van der Waals surface area contributed by atoms with Gasteiger partial charge in [-0.15, -0.1) is 0 Å². The summed E-state index contributed by atoms with van der Waals surface area (Å²) >= 11 is 0. The molecule has 0 aliphatic carbocycles. The van der Waals surface area contributed by atoms with Crippen molar-refractivity contribution < 1.29 is 22.7 Å². The van der Waals surface area contributed by atoms with Crippen LogP contribution in [0.3, 0.4) is 0 Å². The predicted molar refractivity (Wildman–Crippen MR) is 76.3 cm³/mol. The number of esters is 1. The van der Waals surface area contributed by atoms with Crippen LogP contribution < -0.4 is 4.72 Å². The van der Waals surface area contributed by atoms with E-state index in [0.29, 0.717) is 0 Å². The van der Waals surface area contributed by atoms with Crippen LogP contribution in [0.15, 0.2) is 29.2 Å². The number of hydrogen-bond acceptors (Lipinski definition) is 5. The zero-order valence-electron chi connectivity index (χ0n) is 12.1. The van der Waals surface area contributed by atoms with Gasteiger partial charge in [-0.2, -0.15) is 0 Å². The van der Waals surface area contributed by atoms with Crippen LogP contribution in [0, 0.1) is 0 Å². The Morgan fingerprint density at radius 1 is 1.19 bits per heavy atom. The second-order valence-corrected chi connectivity index (χ2v) is 6.16. The molecule has 0 aliphatic heterocycles. The molecular weight excluding hydrogens is 296 g/mol. The SMILES string of the molecule is CCNS(=O)(=O)c1ccc(C(=O)OCC(=O)N(C)C)cc1. The number of amides is 1. The minimum absolute atomic E-state index is 0.0604. The number of sulfonamides is 1. The Hall–Kier alpha value is -1.93. The van der Waals surface area contributed by atoms with Crippen LogP contribution >= 0.6 is 0 Å². The Balaban J connectivity index is 2.74. The van der Waals surface area contributed by atoms with Gasteiger partial charge in [-0.05, 0) is 24.3 Å². The van der Waals surface area contributed by atoms with E-state index in [2.05, 4.69) is 4.72 Å². The summed E-state index contributed by atoms with van der Waals surface area (Å²) in [6.45, 7) is 1.59. The fourth-order valence-corrected chi connectivity index (χ4v) is 2.42. The van der Waals surface area contributed by atoms with Crippen LogP contribution in [0.5, 0.6) is 0 Å². The first-order valence-corrected chi connectivity index (χ1v) is 7.73. The Morgan fingerprint density at radius 2 is 1.76 bits per heavy atom. The van der Waals surface area contributed by atoms with Gasteiger partial charge in [0, 0.05) is 20.6 Å². The molecule has 0 atom stereocenters. The van der Waals surface area contributed by atoms with Crippen LogP contribution in [0.2, 0.25) is 0 Å². The van der Waals surface area contributed by atoms with Crippen molar-refractivity contribution in [2.24, 2.45) is 0 Å². The molecule has 7 nitrogen and oxygen atoms in total. The van der Waals surface area contributed by atoms with E-state index in [-0.39, 0.29) is 29.5 Å². The highest BCUT2D eigenvalue weighted by Crippen LogP contribution is 2.11. The zero-order chi connectivity index (χ0) is 16.0. The van der Waals surface area contributed by atoms with Crippen molar-refractivity contribution in [1.29, 1.82) is 0 Å². The summed E-state index contributed by atoms with van der Waals surface area (Å²) in [4.78, 5) is 24.4. The lowest BCUT2D eigenvalue weighted by atomic mass is 10.2. The quantitative estimate of drug-likeness (QED) is 0.759. The highest BCUT2D eigenvalue weighted by Gasteiger charge is 2.15. The summed E-state index contributed by atoms with van der Waals surface area (Å²) in [5.74, 6) is -1.02. The number of benzene rings is 1. The average Bonchev–Trinajstić information content (AvgIpc) is 2.44. The minimum atomic E-state index is -3.55. The largest absolute Gasteiger partial charge is 0.452 e. The first kappa shape index (κ1) is 17.1. The molecule has 0 unspecified atom stereocenters. The number of hydrogen-bond donors (Lipinski definition) is 1. The van der Waals surface area contributed by atoms with Crippen LogP contribution in [-0.4, -0.2) is 52.4 Å². The zero-order valence-corrected chi connectivity index (χ0v) is 12.9. The van der Waals surface area contributed by atoms with E-state index in [9.17, 15) is 18.0 Å². The molecule has 0 aromatic heterocycles. The van der Waals surface area contributed by atoms with E-state index in [1.165, 1.54) is 29.2 Å². The number of ether oxygens (including phenoxy) is 1. The monoisotopic (exact) mass is 314 g/mol. The van der Waals surface area contributed by atoms with Crippen molar-refractivity contribution in [3.8, 4) is 0 Å². The molecule has 116 valence electrons. The third kappa shape index (κ3) is 4.83. The first-order chi connectivity index (χ1) is 9.77. The van der Waals surface area contributed by atoms with Crippen molar-refractivity contribution >= 4 is 21.9 Å². The third-order valence-corrected chi connectivity index (χ3v) is 4.12. The van der Waals surface area contributed by atoms with Gasteiger partial charge < -0.3 is 9.64 Å². The predicted octanol–water partition coefficient (Wildman–Crippen LogP) is 0.230. The number of rotatable bonds is 6. The van der Waals surface area contributed by atoms with Crippen molar-refractivity contribution in [2.45, 2.75) is 11.8 Å². The Bertz CT molecular complexity index is 608. The molecule has 21 heavy (non-hydrogen) atoms. The van der Waals surface area contributed by atoms with Crippen LogP contribution in [-0.2, 0) is 19.6 Å². The summed E-state index contributed by atoms with van der Waals surface area (Å²) in [5.41, 5.74) is 0.178. The van der Waals surface area contributed by atoms with Crippen LogP contribution in [0.1, 0.15) is 17.3 Å². The van der Waals surface area contributed by atoms with Crippen molar-refractivity contribution in [1.82, 2.24) is 9.62 Å². The molecule has 0 spiro atoms. The number of carbonyl (C=O) groups excluding carboxylic acids is 2. The van der Waals surface area contributed by atoms with Gasteiger partial charge >= 0.3 is 5.97 Å². The first-order valence-electron chi connectivity index (χ1n) is 6.25. The molecule has 0 saturated heterocycles. The Labute approximate surface area is 123 Å². The standard InChI is InChI=1S/C13H18N2O5S/c1-4-14-21(18,19)11-7-5-10(6-8-11)13(17)20-9-12(16)15(2)3/h5-8,14H,4,9H2,1-3H3. The Kier molecular flexibility index (Phi) is 5.86. The maximum Gasteiger partial charge on any atom is 0.338 e. The molecule has 0 fully saturated rings. The molecule has 0 saturated carbocycles. The number of likely N-dealkylation sites (N-methyl/N-ethyl adjacent to an activating group) is 1. The van der Waals surface area contributed by atoms with E-state index in [1.807, 2.05) is 0 Å². The summed E-state index contributed by atoms with van der Waals surface area (Å²) in [5, 5.41) is 0. The summed E-state index contributed by atoms with van der Waals surface area (Å²) in [6.07, 6.45) is 0. The fraction of sp³-hybridized carbons (Fsp3) is 0.385. The van der Waals surface area contributed by atoms with Gasteiger partial charge in [0.05, 0.1) is 10.5 Å². The minimum Gasteiger partial charge on any atom is -0.452 e. The molecule has 0 bridgehead atoms. The lowest BCUT2D eigenvalue weighted by Gasteiger charge is -2.10. The third-order valence-electron chi connectivity index (χ3n) is 2.56. The summed E-state index contributed by atoms with van der Waals surface area (Å²) in [7, 11) is -0.448. The van der Waals surface area contributed by atoms with Gasteiger partial charge in [0.25, 0.3) is 5.91 Å². The highest BCUT2D eigenvalue weighted by molar-refractivity contribution is 7.89.